The first-order valence-corrected chi connectivity index (χ1v) is 19.3. The molecule has 46 heavy (non-hydrogen) atoms. The summed E-state index contributed by atoms with van der Waals surface area (Å²) in [6.45, 7) is 5.06. The van der Waals surface area contributed by atoms with E-state index in [4.69, 9.17) is 14.2 Å². The molecule has 4 heterocycles. The van der Waals surface area contributed by atoms with Gasteiger partial charge in [0.15, 0.2) is 0 Å². The van der Waals surface area contributed by atoms with Crippen LogP contribution in [0.15, 0.2) is 40.9 Å². The Hall–Kier alpha value is -2.79. The number of hydrogen-bond donors (Lipinski definition) is 5. The maximum atomic E-state index is 11.1. The molecule has 5 N–H and O–H groups in total. The van der Waals surface area contributed by atoms with Gasteiger partial charge in [-0.15, -0.1) is 0 Å². The lowest BCUT2D eigenvalue weighted by Gasteiger charge is -2.26. The van der Waals surface area contributed by atoms with Crippen LogP contribution in [0.25, 0.3) is 21.8 Å². The van der Waals surface area contributed by atoms with E-state index in [-0.39, 0.29) is 17.1 Å². The van der Waals surface area contributed by atoms with E-state index in [0.29, 0.717) is 19.3 Å². The molecule has 2 aromatic heterocycles. The van der Waals surface area contributed by atoms with Gasteiger partial charge in [-0.05, 0) is 99.1 Å². The van der Waals surface area contributed by atoms with Gasteiger partial charge in [-0.3, -0.25) is 18.9 Å². The molecule has 4 aromatic rings. The Balaban J connectivity index is 0.000000182. The van der Waals surface area contributed by atoms with E-state index < -0.39 is 26.2 Å². The lowest BCUT2D eigenvalue weighted by Crippen LogP contribution is -2.31. The maximum Gasteiger partial charge on any atom is 0.335 e. The average Bonchev–Trinajstić information content (AvgIpc) is 3.53. The molecule has 0 bridgehead atoms. The third-order valence-corrected chi connectivity index (χ3v) is 10.7. The van der Waals surface area contributed by atoms with Crippen molar-refractivity contribution in [2.75, 3.05) is 37.7 Å². The molecule has 0 aliphatic carbocycles. The van der Waals surface area contributed by atoms with Gasteiger partial charge in [-0.25, -0.2) is 4.79 Å². The van der Waals surface area contributed by atoms with E-state index in [0.717, 1.165) is 79.6 Å². The number of halogens is 1. The summed E-state index contributed by atoms with van der Waals surface area (Å²) in [6.07, 6.45) is 4.26. The van der Waals surface area contributed by atoms with Gasteiger partial charge in [-0.1, -0.05) is 15.9 Å². The number of nitrogens with one attached hydrogen (secondary N) is 2. The first-order chi connectivity index (χ1) is 21.8. The molecule has 0 saturated carbocycles. The highest BCUT2D eigenvalue weighted by atomic mass is 79.9. The number of aromatic carboxylic acids is 1. The van der Waals surface area contributed by atoms with Crippen molar-refractivity contribution in [3.8, 4) is 0 Å². The zero-order valence-corrected chi connectivity index (χ0v) is 28.6. The topological polar surface area (TPSA) is 184 Å². The highest BCUT2D eigenvalue weighted by Crippen LogP contribution is 2.30. The number of hydrogen-bond acceptors (Lipinski definition) is 7. The largest absolute Gasteiger partial charge is 0.478 e. The van der Waals surface area contributed by atoms with E-state index in [1.165, 1.54) is 27.7 Å². The molecule has 6 rings (SSSR count). The Kier molecular flexibility index (Phi) is 10.9. The number of aromatic nitrogens is 2. The molecule has 250 valence electrons. The fraction of sp³-hybridized carbons (Fsp3) is 0.452. The Morgan fingerprint density at radius 3 is 1.70 bits per heavy atom. The van der Waals surface area contributed by atoms with Gasteiger partial charge in [-0.2, -0.15) is 16.8 Å². The highest BCUT2D eigenvalue weighted by Gasteiger charge is 2.22. The van der Waals surface area contributed by atoms with Crippen LogP contribution >= 0.6 is 15.9 Å². The molecule has 2 aromatic carbocycles. The Labute approximate surface area is 276 Å². The molecule has 15 heteroatoms. The van der Waals surface area contributed by atoms with E-state index in [1.807, 2.05) is 6.07 Å². The molecule has 2 aliphatic rings. The SMILES string of the molecule is O=C(O)c1ccc2[nH]c3c(c2c1)CCN(CCCCS(=O)(=O)O)C3.O=S(=O)(O)CCCCN1CCc2c([nH]c3ccc(Br)cc23)C1. The number of carboxylic acid groups (broad SMARTS) is 1. The van der Waals surface area contributed by atoms with Crippen molar-refractivity contribution in [2.24, 2.45) is 0 Å². The van der Waals surface area contributed by atoms with Crippen molar-refractivity contribution >= 4 is 63.9 Å². The molecular formula is C31H39BrN4O8S2. The van der Waals surface area contributed by atoms with Crippen LogP contribution < -0.4 is 0 Å². The van der Waals surface area contributed by atoms with Gasteiger partial charge in [0.1, 0.15) is 0 Å². The van der Waals surface area contributed by atoms with Gasteiger partial charge in [0.2, 0.25) is 0 Å². The summed E-state index contributed by atoms with van der Waals surface area (Å²) in [6, 6.07) is 11.4. The minimum absolute atomic E-state index is 0.146. The van der Waals surface area contributed by atoms with Gasteiger partial charge in [0.25, 0.3) is 20.2 Å². The van der Waals surface area contributed by atoms with Crippen molar-refractivity contribution in [3.63, 3.8) is 0 Å². The number of benzene rings is 2. The number of H-pyrrole nitrogens is 2. The fourth-order valence-corrected chi connectivity index (χ4v) is 7.82. The smallest absolute Gasteiger partial charge is 0.335 e. The second kappa shape index (κ2) is 14.5. The third-order valence-electron chi connectivity index (χ3n) is 8.57. The lowest BCUT2D eigenvalue weighted by atomic mass is 10.0. The van der Waals surface area contributed by atoms with Crippen LogP contribution in [-0.4, -0.2) is 94.5 Å². The predicted molar refractivity (Wildman–Crippen MR) is 181 cm³/mol. The van der Waals surface area contributed by atoms with Crippen molar-refractivity contribution in [3.05, 3.63) is 68.9 Å². The van der Waals surface area contributed by atoms with Crippen molar-refractivity contribution in [2.45, 2.75) is 51.6 Å². The van der Waals surface area contributed by atoms with Gasteiger partial charge < -0.3 is 15.1 Å². The second-order valence-electron chi connectivity index (χ2n) is 12.0. The average molecular weight is 740 g/mol. The third kappa shape index (κ3) is 9.18. The van der Waals surface area contributed by atoms with Crippen molar-refractivity contribution < 1.29 is 35.8 Å². The quantitative estimate of drug-likeness (QED) is 0.105. The van der Waals surface area contributed by atoms with Crippen molar-refractivity contribution in [1.82, 2.24) is 19.8 Å². The first-order valence-electron chi connectivity index (χ1n) is 15.3. The van der Waals surface area contributed by atoms with Crippen LogP contribution in [0.3, 0.4) is 0 Å². The summed E-state index contributed by atoms with van der Waals surface area (Å²) < 4.78 is 61.4. The number of rotatable bonds is 11. The standard InChI is InChI=1S/C16H20N2O5S.C15H19BrN2O3S/c19-16(20)11-3-4-14-13(9-11)12-5-7-18(10-15(12)17-14)6-1-2-8-24(21,22)23;16-11-3-4-14-13(9-11)12-5-7-18(10-15(12)17-14)6-1-2-8-22(19,20)21/h3-4,9,17H,1-2,5-8,10H2,(H,19,20)(H,21,22,23);3-4,9,17H,1-2,5-8,10H2,(H,19,20,21). The Morgan fingerprint density at radius 2 is 1.22 bits per heavy atom. The molecule has 0 atom stereocenters. The number of nitrogens with zero attached hydrogens (tertiary/aromatic N) is 2. The van der Waals surface area contributed by atoms with Crippen LogP contribution in [-0.2, 0) is 46.2 Å². The summed E-state index contributed by atoms with van der Waals surface area (Å²) in [5.74, 6) is -1.27. The molecule has 0 fully saturated rings. The Bertz CT molecular complexity index is 1940. The van der Waals surface area contributed by atoms with Crippen LogP contribution in [0.5, 0.6) is 0 Å². The minimum Gasteiger partial charge on any atom is -0.478 e. The predicted octanol–water partition coefficient (Wildman–Crippen LogP) is 4.85. The molecule has 2 aliphatic heterocycles. The van der Waals surface area contributed by atoms with Crippen LogP contribution in [0.2, 0.25) is 0 Å². The first kappa shape index (κ1) is 34.5. The Morgan fingerprint density at radius 1 is 0.739 bits per heavy atom. The van der Waals surface area contributed by atoms with Crippen LogP contribution in [0.4, 0.5) is 0 Å². The molecule has 0 amide bonds. The van der Waals surface area contributed by atoms with E-state index >= 15 is 0 Å². The highest BCUT2D eigenvalue weighted by molar-refractivity contribution is 9.10. The number of aromatic amines is 2. The summed E-state index contributed by atoms with van der Waals surface area (Å²) in [5, 5.41) is 11.4. The molecule has 0 spiro atoms. The summed E-state index contributed by atoms with van der Waals surface area (Å²) >= 11 is 3.52. The lowest BCUT2D eigenvalue weighted by molar-refractivity contribution is 0.0697. The number of unbranched alkanes of at least 4 members (excludes halogenated alkanes) is 2. The number of carboxylic acids is 1. The monoisotopic (exact) mass is 738 g/mol. The van der Waals surface area contributed by atoms with E-state index in [2.05, 4.69) is 47.8 Å². The van der Waals surface area contributed by atoms with E-state index in [9.17, 15) is 21.6 Å². The summed E-state index contributed by atoms with van der Waals surface area (Å²) in [7, 11) is -7.70. The van der Waals surface area contributed by atoms with Crippen LogP contribution in [0.1, 0.15) is 58.6 Å². The molecule has 0 radical (unpaired) electrons. The normalized spacial score (nSPS) is 15.8. The van der Waals surface area contributed by atoms with Crippen molar-refractivity contribution in [1.29, 1.82) is 0 Å². The number of fused-ring (bicyclic) bond motifs is 6. The summed E-state index contributed by atoms with van der Waals surface area (Å²) in [5.41, 5.74) is 7.31. The summed E-state index contributed by atoms with van der Waals surface area (Å²) in [4.78, 5) is 22.5. The molecule has 0 saturated heterocycles. The number of carbonyl (C=O) groups is 1. The molecule has 12 nitrogen and oxygen atoms in total. The maximum absolute atomic E-state index is 11.1. The molecular weight excluding hydrogens is 700 g/mol. The van der Waals surface area contributed by atoms with E-state index in [1.54, 1.807) is 18.2 Å². The minimum atomic E-state index is -3.88. The van der Waals surface area contributed by atoms with Gasteiger partial charge in [0.05, 0.1) is 17.1 Å². The zero-order valence-electron chi connectivity index (χ0n) is 25.3. The molecule has 0 unspecified atom stereocenters. The fourth-order valence-electron chi connectivity index (χ4n) is 6.32. The zero-order chi connectivity index (χ0) is 33.1. The van der Waals surface area contributed by atoms with Gasteiger partial charge in [0, 0.05) is 63.8 Å². The second-order valence-corrected chi connectivity index (χ2v) is 16.0. The van der Waals surface area contributed by atoms with Crippen LogP contribution in [0, 0.1) is 0 Å². The van der Waals surface area contributed by atoms with Gasteiger partial charge >= 0.3 is 5.97 Å².